The number of amides is 3. The van der Waals surface area contributed by atoms with Gasteiger partial charge in [0.1, 0.15) is 0 Å². The highest BCUT2D eigenvalue weighted by molar-refractivity contribution is 5.95. The minimum absolute atomic E-state index is 0.00708. The second kappa shape index (κ2) is 9.16. The summed E-state index contributed by atoms with van der Waals surface area (Å²) >= 11 is 0. The zero-order chi connectivity index (χ0) is 19.1. The molecular weight excluding hydrogens is 340 g/mol. The molecule has 2 heterocycles. The molecule has 1 fully saturated rings. The van der Waals surface area contributed by atoms with Crippen LogP contribution in [-0.2, 0) is 6.42 Å². The normalized spacial score (nSPS) is 15.1. The van der Waals surface area contributed by atoms with Gasteiger partial charge in [0.05, 0.1) is 0 Å². The molecule has 1 aliphatic rings. The van der Waals surface area contributed by atoms with Crippen LogP contribution in [0.4, 0.5) is 10.5 Å². The van der Waals surface area contributed by atoms with Crippen LogP contribution in [0.25, 0.3) is 0 Å². The van der Waals surface area contributed by atoms with Crippen molar-refractivity contribution in [2.75, 3.05) is 18.4 Å². The molecule has 1 atom stereocenters. The second-order valence-corrected chi connectivity index (χ2v) is 6.99. The van der Waals surface area contributed by atoms with Crippen LogP contribution in [0.3, 0.4) is 0 Å². The number of anilines is 1. The summed E-state index contributed by atoms with van der Waals surface area (Å²) in [6, 6.07) is 10.7. The molecule has 3 amide bonds. The zero-order valence-electron chi connectivity index (χ0n) is 15.6. The number of rotatable bonds is 5. The number of hydrogen-bond donors (Lipinski definition) is 2. The molecule has 0 unspecified atom stereocenters. The highest BCUT2D eigenvalue weighted by Gasteiger charge is 2.18. The first-order valence-electron chi connectivity index (χ1n) is 9.47. The lowest BCUT2D eigenvalue weighted by atomic mass is 10.1. The number of carbonyl (C=O) groups excluding carboxylic acids is 2. The maximum absolute atomic E-state index is 12.5. The molecule has 6 nitrogen and oxygen atoms in total. The number of nitrogens with zero attached hydrogens (tertiary/aromatic N) is 2. The molecule has 0 aliphatic carbocycles. The van der Waals surface area contributed by atoms with Crippen molar-refractivity contribution >= 4 is 17.6 Å². The molecule has 2 aromatic rings. The van der Waals surface area contributed by atoms with Gasteiger partial charge in [0, 0.05) is 42.8 Å². The van der Waals surface area contributed by atoms with Gasteiger partial charge in [-0.2, -0.15) is 0 Å². The molecule has 0 radical (unpaired) electrons. The van der Waals surface area contributed by atoms with E-state index in [-0.39, 0.29) is 18.0 Å². The topological polar surface area (TPSA) is 74.3 Å². The molecule has 1 saturated heterocycles. The molecule has 1 aliphatic heterocycles. The van der Waals surface area contributed by atoms with Crippen LogP contribution < -0.4 is 10.6 Å². The fourth-order valence-corrected chi connectivity index (χ4v) is 3.29. The van der Waals surface area contributed by atoms with Crippen molar-refractivity contribution in [3.63, 3.8) is 0 Å². The van der Waals surface area contributed by atoms with Crippen molar-refractivity contribution < 1.29 is 9.59 Å². The van der Waals surface area contributed by atoms with E-state index in [1.165, 1.54) is 6.42 Å². The summed E-state index contributed by atoms with van der Waals surface area (Å²) < 4.78 is 0. The summed E-state index contributed by atoms with van der Waals surface area (Å²) in [6.45, 7) is 3.62. The van der Waals surface area contributed by atoms with Crippen LogP contribution in [0, 0.1) is 0 Å². The number of piperidine rings is 1. The zero-order valence-corrected chi connectivity index (χ0v) is 15.6. The Morgan fingerprint density at radius 3 is 2.37 bits per heavy atom. The number of pyridine rings is 1. The quantitative estimate of drug-likeness (QED) is 0.851. The van der Waals surface area contributed by atoms with E-state index in [4.69, 9.17) is 0 Å². The van der Waals surface area contributed by atoms with E-state index in [9.17, 15) is 9.59 Å². The summed E-state index contributed by atoms with van der Waals surface area (Å²) in [7, 11) is 0. The summed E-state index contributed by atoms with van der Waals surface area (Å²) in [5.74, 6) is 0.0664. The molecule has 1 aromatic carbocycles. The average Bonchev–Trinajstić information content (AvgIpc) is 2.69. The van der Waals surface area contributed by atoms with E-state index in [2.05, 4.69) is 15.6 Å². The van der Waals surface area contributed by atoms with Gasteiger partial charge in [-0.25, -0.2) is 4.79 Å². The third kappa shape index (κ3) is 5.54. The van der Waals surface area contributed by atoms with Gasteiger partial charge in [-0.05, 0) is 74.6 Å². The smallest absolute Gasteiger partial charge is 0.319 e. The lowest BCUT2D eigenvalue weighted by Crippen LogP contribution is -2.37. The van der Waals surface area contributed by atoms with Gasteiger partial charge in [-0.1, -0.05) is 0 Å². The largest absolute Gasteiger partial charge is 0.339 e. The number of benzene rings is 1. The van der Waals surface area contributed by atoms with Crippen molar-refractivity contribution in [1.29, 1.82) is 0 Å². The first-order valence-corrected chi connectivity index (χ1v) is 9.47. The highest BCUT2D eigenvalue weighted by Crippen LogP contribution is 2.15. The van der Waals surface area contributed by atoms with Crippen LogP contribution in [-0.4, -0.2) is 41.0 Å². The molecular formula is C21H26N4O2. The Morgan fingerprint density at radius 1 is 1.04 bits per heavy atom. The fourth-order valence-electron chi connectivity index (χ4n) is 3.29. The van der Waals surface area contributed by atoms with Crippen molar-refractivity contribution in [3.05, 3.63) is 59.9 Å². The third-order valence-electron chi connectivity index (χ3n) is 4.70. The Labute approximate surface area is 160 Å². The predicted octanol–water partition coefficient (Wildman–Crippen LogP) is 3.46. The van der Waals surface area contributed by atoms with Crippen LogP contribution in [0.15, 0.2) is 48.8 Å². The Hall–Kier alpha value is -2.89. The van der Waals surface area contributed by atoms with E-state index >= 15 is 0 Å². The maximum atomic E-state index is 12.5. The lowest BCUT2D eigenvalue weighted by Gasteiger charge is -2.26. The van der Waals surface area contributed by atoms with Gasteiger partial charge in [-0.15, -0.1) is 0 Å². The Balaban J connectivity index is 1.50. The first-order chi connectivity index (χ1) is 13.1. The summed E-state index contributed by atoms with van der Waals surface area (Å²) in [6.07, 6.45) is 7.57. The Morgan fingerprint density at radius 2 is 1.70 bits per heavy atom. The second-order valence-electron chi connectivity index (χ2n) is 6.99. The highest BCUT2D eigenvalue weighted by atomic mass is 16.2. The maximum Gasteiger partial charge on any atom is 0.319 e. The molecule has 0 saturated carbocycles. The SMILES string of the molecule is C[C@@H](Cc1ccncc1)NC(=O)Nc1ccc(C(=O)N2CCCCC2)cc1. The van der Waals surface area contributed by atoms with Gasteiger partial charge in [0.15, 0.2) is 0 Å². The van der Waals surface area contributed by atoms with Crippen molar-refractivity contribution in [2.45, 2.75) is 38.6 Å². The Bertz CT molecular complexity index is 756. The van der Waals surface area contributed by atoms with Crippen LogP contribution in [0.1, 0.15) is 42.1 Å². The molecule has 1 aromatic heterocycles. The van der Waals surface area contributed by atoms with E-state index < -0.39 is 0 Å². The molecule has 2 N–H and O–H groups in total. The number of aromatic nitrogens is 1. The molecule has 0 spiro atoms. The first kappa shape index (κ1) is 18.9. The number of nitrogens with one attached hydrogen (secondary N) is 2. The molecule has 0 bridgehead atoms. The van der Waals surface area contributed by atoms with Gasteiger partial charge in [0.25, 0.3) is 5.91 Å². The predicted molar refractivity (Wildman–Crippen MR) is 106 cm³/mol. The molecule has 6 heteroatoms. The number of urea groups is 1. The van der Waals surface area contributed by atoms with Gasteiger partial charge in [0.2, 0.25) is 0 Å². The van der Waals surface area contributed by atoms with E-state index in [0.717, 1.165) is 37.9 Å². The number of hydrogen-bond acceptors (Lipinski definition) is 3. The minimum atomic E-state index is -0.258. The lowest BCUT2D eigenvalue weighted by molar-refractivity contribution is 0.0724. The van der Waals surface area contributed by atoms with Crippen molar-refractivity contribution in [1.82, 2.24) is 15.2 Å². The monoisotopic (exact) mass is 366 g/mol. The van der Waals surface area contributed by atoms with Crippen LogP contribution in [0.2, 0.25) is 0 Å². The van der Waals surface area contributed by atoms with Gasteiger partial charge < -0.3 is 15.5 Å². The van der Waals surface area contributed by atoms with Crippen molar-refractivity contribution in [3.8, 4) is 0 Å². The number of likely N-dealkylation sites (tertiary alicyclic amines) is 1. The van der Waals surface area contributed by atoms with E-state index in [1.54, 1.807) is 36.7 Å². The molecule has 27 heavy (non-hydrogen) atoms. The van der Waals surface area contributed by atoms with Crippen LogP contribution in [0.5, 0.6) is 0 Å². The summed E-state index contributed by atoms with van der Waals surface area (Å²) in [5, 5.41) is 5.74. The summed E-state index contributed by atoms with van der Waals surface area (Å²) in [5.41, 5.74) is 2.45. The van der Waals surface area contributed by atoms with E-state index in [1.807, 2.05) is 24.0 Å². The van der Waals surface area contributed by atoms with E-state index in [0.29, 0.717) is 11.3 Å². The average molecular weight is 366 g/mol. The molecule has 3 rings (SSSR count). The van der Waals surface area contributed by atoms with Gasteiger partial charge in [-0.3, -0.25) is 9.78 Å². The van der Waals surface area contributed by atoms with Crippen molar-refractivity contribution in [2.24, 2.45) is 0 Å². The fraction of sp³-hybridized carbons (Fsp3) is 0.381. The Kier molecular flexibility index (Phi) is 6.41. The molecule has 142 valence electrons. The summed E-state index contributed by atoms with van der Waals surface area (Å²) in [4.78, 5) is 30.5. The standard InChI is InChI=1S/C21H26N4O2/c1-16(15-17-9-11-22-12-10-17)23-21(27)24-19-7-5-18(6-8-19)20(26)25-13-3-2-4-14-25/h5-12,16H,2-4,13-15H2,1H3,(H2,23,24,27)/t16-/m0/s1. The number of carbonyl (C=O) groups is 2. The minimum Gasteiger partial charge on any atom is -0.339 e. The van der Waals surface area contributed by atoms with Crippen LogP contribution >= 0.6 is 0 Å². The van der Waals surface area contributed by atoms with Gasteiger partial charge >= 0.3 is 6.03 Å². The third-order valence-corrected chi connectivity index (χ3v) is 4.70.